The fourth-order valence-electron chi connectivity index (χ4n) is 1.99. The summed E-state index contributed by atoms with van der Waals surface area (Å²) < 4.78 is 28.1. The number of sulfonamides is 1. The summed E-state index contributed by atoms with van der Waals surface area (Å²) in [6, 6.07) is 6.24. The van der Waals surface area contributed by atoms with E-state index >= 15 is 0 Å². The highest BCUT2D eigenvalue weighted by atomic mass is 32.2. The van der Waals surface area contributed by atoms with E-state index < -0.39 is 15.9 Å². The Balaban J connectivity index is 1.80. The summed E-state index contributed by atoms with van der Waals surface area (Å²) in [5, 5.41) is 6.15. The third-order valence-electron chi connectivity index (χ3n) is 3.25. The predicted molar refractivity (Wildman–Crippen MR) is 90.1 cm³/mol. The van der Waals surface area contributed by atoms with Gasteiger partial charge in [0.25, 0.3) is 15.9 Å². The third kappa shape index (κ3) is 3.36. The van der Waals surface area contributed by atoms with E-state index in [1.165, 1.54) is 28.8 Å². The number of nitrogens with one attached hydrogen (secondary N) is 1. The Hall–Kier alpha value is -2.52. The predicted octanol–water partition coefficient (Wildman–Crippen LogP) is 1.97. The second kappa shape index (κ2) is 6.17. The lowest BCUT2D eigenvalue weighted by Gasteiger charge is -2.05. The molecule has 7 nitrogen and oxygen atoms in total. The molecule has 1 amide bonds. The molecule has 9 heteroatoms. The molecule has 0 fully saturated rings. The zero-order valence-corrected chi connectivity index (χ0v) is 14.6. The van der Waals surface area contributed by atoms with Crippen molar-refractivity contribution in [3.63, 3.8) is 0 Å². The van der Waals surface area contributed by atoms with Gasteiger partial charge in [0, 0.05) is 24.2 Å². The molecule has 3 aromatic rings. The van der Waals surface area contributed by atoms with Gasteiger partial charge < -0.3 is 0 Å². The molecule has 0 saturated carbocycles. The molecular weight excluding hydrogens is 348 g/mol. The van der Waals surface area contributed by atoms with E-state index in [0.717, 1.165) is 11.1 Å². The van der Waals surface area contributed by atoms with Gasteiger partial charge in [0.1, 0.15) is 10.7 Å². The molecule has 24 heavy (non-hydrogen) atoms. The molecule has 0 radical (unpaired) electrons. The van der Waals surface area contributed by atoms with Crippen molar-refractivity contribution in [2.75, 3.05) is 0 Å². The van der Waals surface area contributed by atoms with Crippen molar-refractivity contribution in [1.29, 1.82) is 0 Å². The van der Waals surface area contributed by atoms with Crippen molar-refractivity contribution in [3.05, 3.63) is 53.3 Å². The zero-order chi connectivity index (χ0) is 17.3. The average molecular weight is 362 g/mol. The second-order valence-corrected chi connectivity index (χ2v) is 7.73. The van der Waals surface area contributed by atoms with E-state index in [-0.39, 0.29) is 10.6 Å². The van der Waals surface area contributed by atoms with Crippen molar-refractivity contribution in [3.8, 4) is 10.6 Å². The highest BCUT2D eigenvalue weighted by Gasteiger charge is 2.21. The number of carbonyl (C=O) groups is 1. The average Bonchev–Trinajstić information content (AvgIpc) is 3.16. The van der Waals surface area contributed by atoms with E-state index in [1.54, 1.807) is 36.3 Å². The number of rotatable bonds is 4. The molecule has 1 N–H and O–H groups in total. The minimum Gasteiger partial charge on any atom is -0.275 e. The first-order valence-electron chi connectivity index (χ1n) is 6.93. The van der Waals surface area contributed by atoms with Crippen molar-refractivity contribution in [2.24, 2.45) is 7.05 Å². The van der Waals surface area contributed by atoms with E-state index in [0.29, 0.717) is 5.01 Å². The van der Waals surface area contributed by atoms with Crippen LogP contribution < -0.4 is 4.72 Å². The Kier molecular flexibility index (Phi) is 4.20. The Bertz CT molecular complexity index is 988. The normalized spacial score (nSPS) is 11.4. The minimum absolute atomic E-state index is 0.0316. The van der Waals surface area contributed by atoms with Crippen LogP contribution in [-0.4, -0.2) is 29.1 Å². The van der Waals surface area contributed by atoms with Gasteiger partial charge in [0.2, 0.25) is 0 Å². The molecule has 0 bridgehead atoms. The largest absolute Gasteiger partial charge is 0.284 e. The maximum absolute atomic E-state index is 12.2. The molecular formula is C15H14N4O3S2. The van der Waals surface area contributed by atoms with Crippen molar-refractivity contribution < 1.29 is 13.2 Å². The van der Waals surface area contributed by atoms with Crippen LogP contribution in [-0.2, 0) is 17.1 Å². The van der Waals surface area contributed by atoms with Crippen LogP contribution in [0.15, 0.2) is 46.9 Å². The maximum atomic E-state index is 12.2. The fourth-order valence-corrected chi connectivity index (χ4v) is 3.73. The van der Waals surface area contributed by atoms with Gasteiger partial charge >= 0.3 is 0 Å². The van der Waals surface area contributed by atoms with Gasteiger partial charge in [-0.1, -0.05) is 17.7 Å². The molecule has 124 valence electrons. The number of carbonyl (C=O) groups excluding carboxylic acids is 1. The number of thiazole rings is 1. The van der Waals surface area contributed by atoms with E-state index in [2.05, 4.69) is 10.1 Å². The number of aryl methyl sites for hydroxylation is 2. The van der Waals surface area contributed by atoms with Gasteiger partial charge in [0.05, 0.1) is 11.1 Å². The number of hydrogen-bond acceptors (Lipinski definition) is 6. The quantitative estimate of drug-likeness (QED) is 0.766. The summed E-state index contributed by atoms with van der Waals surface area (Å²) in [4.78, 5) is 16.4. The summed E-state index contributed by atoms with van der Waals surface area (Å²) >= 11 is 1.25. The molecule has 0 unspecified atom stereocenters. The standard InChI is InChI=1S/C15H14N4O3S2/c1-10-3-5-12(6-4-10)24(21,22)18-14(20)13-9-23-15(17-13)11-7-16-19(2)8-11/h3-9H,1-2H3,(H,18,20). The van der Waals surface area contributed by atoms with Gasteiger partial charge in [-0.3, -0.25) is 9.48 Å². The molecule has 0 saturated heterocycles. The summed E-state index contributed by atoms with van der Waals surface area (Å²) in [5.41, 5.74) is 1.75. The highest BCUT2D eigenvalue weighted by Crippen LogP contribution is 2.23. The number of aromatic nitrogens is 3. The molecule has 0 aliphatic heterocycles. The Morgan fingerprint density at radius 1 is 1.25 bits per heavy atom. The zero-order valence-electron chi connectivity index (χ0n) is 12.9. The van der Waals surface area contributed by atoms with Crippen LogP contribution in [0, 0.1) is 6.92 Å². The van der Waals surface area contributed by atoms with Crippen LogP contribution in [0.4, 0.5) is 0 Å². The first-order chi connectivity index (χ1) is 11.3. The van der Waals surface area contributed by atoms with Gasteiger partial charge in [-0.2, -0.15) is 5.10 Å². The van der Waals surface area contributed by atoms with Crippen molar-refractivity contribution in [1.82, 2.24) is 19.5 Å². The van der Waals surface area contributed by atoms with E-state index in [1.807, 2.05) is 11.6 Å². The van der Waals surface area contributed by atoms with Gasteiger partial charge in [-0.25, -0.2) is 18.1 Å². The maximum Gasteiger partial charge on any atom is 0.284 e. The number of amides is 1. The number of nitrogens with zero attached hydrogens (tertiary/aromatic N) is 3. The van der Waals surface area contributed by atoms with Crippen molar-refractivity contribution >= 4 is 27.3 Å². The van der Waals surface area contributed by atoms with Gasteiger partial charge in [-0.15, -0.1) is 11.3 Å². The lowest BCUT2D eigenvalue weighted by Crippen LogP contribution is -2.30. The number of hydrogen-bond donors (Lipinski definition) is 1. The first-order valence-corrected chi connectivity index (χ1v) is 9.30. The topological polar surface area (TPSA) is 94.0 Å². The molecule has 0 aliphatic rings. The van der Waals surface area contributed by atoms with Crippen molar-refractivity contribution in [2.45, 2.75) is 11.8 Å². The van der Waals surface area contributed by atoms with Crippen LogP contribution in [0.5, 0.6) is 0 Å². The Morgan fingerprint density at radius 3 is 2.58 bits per heavy atom. The van der Waals surface area contributed by atoms with Gasteiger partial charge in [0.15, 0.2) is 0 Å². The first kappa shape index (κ1) is 16.3. The molecule has 3 rings (SSSR count). The molecule has 0 aliphatic carbocycles. The molecule has 2 aromatic heterocycles. The van der Waals surface area contributed by atoms with E-state index in [9.17, 15) is 13.2 Å². The molecule has 0 spiro atoms. The lowest BCUT2D eigenvalue weighted by atomic mass is 10.2. The second-order valence-electron chi connectivity index (χ2n) is 5.19. The summed E-state index contributed by atoms with van der Waals surface area (Å²) in [7, 11) is -2.15. The minimum atomic E-state index is -3.93. The van der Waals surface area contributed by atoms with Gasteiger partial charge in [-0.05, 0) is 19.1 Å². The Morgan fingerprint density at radius 2 is 1.96 bits per heavy atom. The fraction of sp³-hybridized carbons (Fsp3) is 0.133. The molecule has 1 aromatic carbocycles. The summed E-state index contributed by atoms with van der Waals surface area (Å²) in [6.07, 6.45) is 3.40. The third-order valence-corrected chi connectivity index (χ3v) is 5.49. The van der Waals surface area contributed by atoms with E-state index in [4.69, 9.17) is 0 Å². The lowest BCUT2D eigenvalue weighted by molar-refractivity contribution is 0.0977. The highest BCUT2D eigenvalue weighted by molar-refractivity contribution is 7.90. The smallest absolute Gasteiger partial charge is 0.275 e. The van der Waals surface area contributed by atoms with Crippen LogP contribution >= 0.6 is 11.3 Å². The molecule has 0 atom stereocenters. The summed E-state index contributed by atoms with van der Waals surface area (Å²) in [5.74, 6) is -0.762. The molecule has 2 heterocycles. The monoisotopic (exact) mass is 362 g/mol. The van der Waals surface area contributed by atoms with Crippen LogP contribution in [0.25, 0.3) is 10.6 Å². The summed E-state index contributed by atoms with van der Waals surface area (Å²) in [6.45, 7) is 1.85. The van der Waals surface area contributed by atoms with Crippen LogP contribution in [0.3, 0.4) is 0 Å². The Labute approximate surface area is 143 Å². The SMILES string of the molecule is Cc1ccc(S(=O)(=O)NC(=O)c2csc(-c3cnn(C)c3)n2)cc1. The number of benzene rings is 1. The van der Waals surface area contributed by atoms with Crippen LogP contribution in [0.2, 0.25) is 0 Å². The van der Waals surface area contributed by atoms with Crippen LogP contribution in [0.1, 0.15) is 16.1 Å².